The number of hydrogen-bond donors (Lipinski definition) is 1. The van der Waals surface area contributed by atoms with Crippen molar-refractivity contribution >= 4 is 5.69 Å². The van der Waals surface area contributed by atoms with Crippen LogP contribution in [-0.4, -0.2) is 23.2 Å². The number of rotatable bonds is 5. The lowest BCUT2D eigenvalue weighted by Crippen LogP contribution is -2.05. The van der Waals surface area contributed by atoms with E-state index in [9.17, 15) is 18.9 Å². The summed E-state index contributed by atoms with van der Waals surface area (Å²) in [5, 5.41) is 19.5. The molecule has 0 bridgehead atoms. The summed E-state index contributed by atoms with van der Waals surface area (Å²) in [5.74, 6) is -0.681. The van der Waals surface area contributed by atoms with E-state index in [2.05, 4.69) is 4.74 Å². The maximum Gasteiger partial charge on any atom is 0.387 e. The highest BCUT2D eigenvalue weighted by Crippen LogP contribution is 2.28. The van der Waals surface area contributed by atoms with Gasteiger partial charge in [0.25, 0.3) is 5.69 Å². The second-order valence-corrected chi connectivity index (χ2v) is 3.48. The molecular formula is C10H11F2NO4. The van der Waals surface area contributed by atoms with Crippen LogP contribution in [0.1, 0.15) is 18.4 Å². The summed E-state index contributed by atoms with van der Waals surface area (Å²) in [6.45, 7) is -1.67. The van der Waals surface area contributed by atoms with Crippen molar-refractivity contribution in [3.8, 4) is 5.75 Å². The van der Waals surface area contributed by atoms with Crippen LogP contribution in [0.2, 0.25) is 0 Å². The maximum absolute atomic E-state index is 12.0. The zero-order valence-corrected chi connectivity index (χ0v) is 8.97. The van der Waals surface area contributed by atoms with E-state index in [1.165, 1.54) is 12.1 Å². The van der Waals surface area contributed by atoms with Crippen LogP contribution in [-0.2, 0) is 0 Å². The molecule has 0 aliphatic heterocycles. The van der Waals surface area contributed by atoms with Crippen LogP contribution in [0, 0.1) is 10.1 Å². The summed E-state index contributed by atoms with van der Waals surface area (Å²) >= 11 is 0. The zero-order chi connectivity index (χ0) is 13.0. The van der Waals surface area contributed by atoms with Gasteiger partial charge in [-0.3, -0.25) is 10.1 Å². The quantitative estimate of drug-likeness (QED) is 0.640. The zero-order valence-electron chi connectivity index (χ0n) is 8.97. The number of halogens is 2. The fourth-order valence-electron chi connectivity index (χ4n) is 1.27. The Morgan fingerprint density at radius 3 is 2.59 bits per heavy atom. The minimum atomic E-state index is -3.05. The number of nitro benzene ring substituents is 1. The van der Waals surface area contributed by atoms with Gasteiger partial charge in [0.1, 0.15) is 5.75 Å². The topological polar surface area (TPSA) is 72.6 Å². The molecule has 0 amide bonds. The number of aliphatic hydroxyl groups is 1. The highest BCUT2D eigenvalue weighted by atomic mass is 19.3. The van der Waals surface area contributed by atoms with Crippen molar-refractivity contribution in [3.05, 3.63) is 33.9 Å². The Kier molecular flexibility index (Phi) is 4.33. The van der Waals surface area contributed by atoms with Crippen molar-refractivity contribution in [3.63, 3.8) is 0 Å². The first-order valence-corrected chi connectivity index (χ1v) is 4.79. The molecule has 1 aromatic carbocycles. The van der Waals surface area contributed by atoms with Crippen LogP contribution < -0.4 is 4.74 Å². The predicted octanol–water partition coefficient (Wildman–Crippen LogP) is 2.29. The molecule has 94 valence electrons. The lowest BCUT2D eigenvalue weighted by atomic mass is 10.0. The van der Waals surface area contributed by atoms with E-state index >= 15 is 0 Å². The molecule has 1 N–H and O–H groups in total. The number of aliphatic hydroxyl groups excluding tert-OH is 1. The molecule has 0 heterocycles. The summed E-state index contributed by atoms with van der Waals surface area (Å²) < 4.78 is 28.2. The van der Waals surface area contributed by atoms with Gasteiger partial charge in [-0.05, 0) is 11.6 Å². The van der Waals surface area contributed by atoms with Crippen LogP contribution in [0.3, 0.4) is 0 Å². The number of alkyl halides is 2. The molecule has 5 nitrogen and oxygen atoms in total. The first kappa shape index (κ1) is 13.3. The van der Waals surface area contributed by atoms with Crippen molar-refractivity contribution < 1.29 is 23.5 Å². The molecule has 0 radical (unpaired) electrons. The van der Waals surface area contributed by atoms with Crippen molar-refractivity contribution in [2.24, 2.45) is 0 Å². The Hall–Kier alpha value is -1.76. The van der Waals surface area contributed by atoms with Crippen LogP contribution in [0.5, 0.6) is 5.75 Å². The second-order valence-electron chi connectivity index (χ2n) is 3.48. The van der Waals surface area contributed by atoms with E-state index in [1.54, 1.807) is 6.92 Å². The van der Waals surface area contributed by atoms with E-state index < -0.39 is 17.5 Å². The van der Waals surface area contributed by atoms with Crippen molar-refractivity contribution in [1.29, 1.82) is 0 Å². The molecule has 0 fully saturated rings. The minimum Gasteiger partial charge on any atom is -0.435 e. The van der Waals surface area contributed by atoms with Gasteiger partial charge in [-0.2, -0.15) is 8.78 Å². The molecule has 0 aliphatic rings. The lowest BCUT2D eigenvalue weighted by Gasteiger charge is -2.11. The fourth-order valence-corrected chi connectivity index (χ4v) is 1.27. The molecule has 0 spiro atoms. The Labute approximate surface area is 95.8 Å². The number of ether oxygens (including phenoxy) is 1. The SMILES string of the molecule is CC(CO)c1cc(OC(F)F)cc([N+](=O)[O-])c1. The van der Waals surface area contributed by atoms with Gasteiger partial charge in [0.2, 0.25) is 0 Å². The van der Waals surface area contributed by atoms with Crippen LogP contribution in [0.4, 0.5) is 14.5 Å². The molecular weight excluding hydrogens is 236 g/mol. The van der Waals surface area contributed by atoms with Gasteiger partial charge in [-0.25, -0.2) is 0 Å². The third-order valence-corrected chi connectivity index (χ3v) is 2.19. The van der Waals surface area contributed by atoms with Gasteiger partial charge < -0.3 is 9.84 Å². The summed E-state index contributed by atoms with van der Waals surface area (Å²) in [7, 11) is 0. The molecule has 0 aromatic heterocycles. The van der Waals surface area contributed by atoms with Gasteiger partial charge in [0, 0.05) is 18.6 Å². The Morgan fingerprint density at radius 1 is 1.47 bits per heavy atom. The third-order valence-electron chi connectivity index (χ3n) is 2.19. The molecule has 1 rings (SSSR count). The van der Waals surface area contributed by atoms with E-state index in [0.29, 0.717) is 5.56 Å². The van der Waals surface area contributed by atoms with Crippen molar-refractivity contribution in [2.45, 2.75) is 19.5 Å². The monoisotopic (exact) mass is 247 g/mol. The first-order chi connectivity index (χ1) is 7.93. The number of nitro groups is 1. The molecule has 1 aromatic rings. The molecule has 0 saturated heterocycles. The number of nitrogens with zero attached hydrogens (tertiary/aromatic N) is 1. The number of hydrogen-bond acceptors (Lipinski definition) is 4. The van der Waals surface area contributed by atoms with Gasteiger partial charge in [-0.1, -0.05) is 6.92 Å². The average Bonchev–Trinajstić information content (AvgIpc) is 2.26. The summed E-state index contributed by atoms with van der Waals surface area (Å²) in [6, 6.07) is 3.39. The molecule has 0 aliphatic carbocycles. The molecule has 1 unspecified atom stereocenters. The Balaban J connectivity index is 3.13. The maximum atomic E-state index is 12.0. The van der Waals surface area contributed by atoms with E-state index in [1.807, 2.05) is 0 Å². The normalized spacial score (nSPS) is 12.5. The lowest BCUT2D eigenvalue weighted by molar-refractivity contribution is -0.385. The van der Waals surface area contributed by atoms with Crippen LogP contribution >= 0.6 is 0 Å². The molecule has 7 heteroatoms. The van der Waals surface area contributed by atoms with Gasteiger partial charge >= 0.3 is 6.61 Å². The second kappa shape index (κ2) is 5.53. The van der Waals surface area contributed by atoms with Crippen molar-refractivity contribution in [2.75, 3.05) is 6.61 Å². The minimum absolute atomic E-state index is 0.241. The fraction of sp³-hybridized carbons (Fsp3) is 0.400. The summed E-state index contributed by atoms with van der Waals surface area (Å²) in [4.78, 5) is 9.90. The molecule has 1 atom stereocenters. The summed E-state index contributed by atoms with van der Waals surface area (Å²) in [6.07, 6.45) is 0. The van der Waals surface area contributed by atoms with E-state index in [4.69, 9.17) is 5.11 Å². The Bertz CT molecular complexity index is 411. The third kappa shape index (κ3) is 3.63. The number of benzene rings is 1. The van der Waals surface area contributed by atoms with Gasteiger partial charge in [0.05, 0.1) is 11.0 Å². The average molecular weight is 247 g/mol. The predicted molar refractivity (Wildman–Crippen MR) is 55.2 cm³/mol. The van der Waals surface area contributed by atoms with Crippen LogP contribution in [0.15, 0.2) is 18.2 Å². The first-order valence-electron chi connectivity index (χ1n) is 4.79. The number of non-ortho nitro benzene ring substituents is 1. The Morgan fingerprint density at radius 2 is 2.12 bits per heavy atom. The highest BCUT2D eigenvalue weighted by Gasteiger charge is 2.16. The molecule has 17 heavy (non-hydrogen) atoms. The largest absolute Gasteiger partial charge is 0.435 e. The van der Waals surface area contributed by atoms with E-state index in [-0.39, 0.29) is 18.0 Å². The van der Waals surface area contributed by atoms with Gasteiger partial charge in [-0.15, -0.1) is 0 Å². The smallest absolute Gasteiger partial charge is 0.387 e. The molecule has 0 saturated carbocycles. The summed E-state index contributed by atoms with van der Waals surface area (Å²) in [5.41, 5.74) is 0.0239. The van der Waals surface area contributed by atoms with Crippen LogP contribution in [0.25, 0.3) is 0 Å². The highest BCUT2D eigenvalue weighted by molar-refractivity contribution is 5.44. The van der Waals surface area contributed by atoms with Gasteiger partial charge in [0.15, 0.2) is 0 Å². The van der Waals surface area contributed by atoms with Crippen molar-refractivity contribution in [1.82, 2.24) is 0 Å². The standard InChI is InChI=1S/C10H11F2NO4/c1-6(5-14)7-2-8(13(15)16)4-9(3-7)17-10(11)12/h2-4,6,10,14H,5H2,1H3. The van der Waals surface area contributed by atoms with E-state index in [0.717, 1.165) is 6.07 Å².